The van der Waals surface area contributed by atoms with E-state index in [1.807, 2.05) is 17.9 Å². The van der Waals surface area contributed by atoms with Gasteiger partial charge in [0, 0.05) is 24.3 Å². The lowest BCUT2D eigenvalue weighted by Crippen LogP contribution is -2.44. The quantitative estimate of drug-likeness (QED) is 0.927. The first-order chi connectivity index (χ1) is 11.4. The van der Waals surface area contributed by atoms with Crippen LogP contribution < -0.4 is 5.73 Å². The first kappa shape index (κ1) is 16.4. The van der Waals surface area contributed by atoms with Crippen molar-refractivity contribution < 1.29 is 4.79 Å². The SMILES string of the molecule is Cc1ncc(N)cc1-c1cn(CC(=O)N2CC(C)CC(C)C2)nn1. The zero-order chi connectivity index (χ0) is 17.3. The maximum Gasteiger partial charge on any atom is 0.244 e. The molecule has 7 nitrogen and oxygen atoms in total. The maximum absolute atomic E-state index is 12.5. The van der Waals surface area contributed by atoms with E-state index in [4.69, 9.17) is 5.73 Å². The number of hydrogen-bond donors (Lipinski definition) is 1. The van der Waals surface area contributed by atoms with Crippen molar-refractivity contribution in [1.29, 1.82) is 0 Å². The van der Waals surface area contributed by atoms with Gasteiger partial charge in [0.25, 0.3) is 0 Å². The van der Waals surface area contributed by atoms with Crippen molar-refractivity contribution in [2.24, 2.45) is 11.8 Å². The van der Waals surface area contributed by atoms with Crippen LogP contribution in [0.2, 0.25) is 0 Å². The summed E-state index contributed by atoms with van der Waals surface area (Å²) in [4.78, 5) is 18.7. The first-order valence-electron chi connectivity index (χ1n) is 8.32. The Bertz CT molecular complexity index is 730. The lowest BCUT2D eigenvalue weighted by molar-refractivity contribution is -0.134. The standard InChI is InChI=1S/C17H24N6O/c1-11-4-12(2)8-22(7-11)17(24)10-23-9-16(20-21-23)15-5-14(18)6-19-13(15)3/h5-6,9,11-12H,4,7-8,10,18H2,1-3H3. The van der Waals surface area contributed by atoms with Gasteiger partial charge in [-0.05, 0) is 31.2 Å². The molecular formula is C17H24N6O. The third-order valence-corrected chi connectivity index (χ3v) is 4.44. The van der Waals surface area contributed by atoms with Gasteiger partial charge in [0.1, 0.15) is 12.2 Å². The van der Waals surface area contributed by atoms with Gasteiger partial charge in [0.05, 0.1) is 18.1 Å². The van der Waals surface area contributed by atoms with Gasteiger partial charge >= 0.3 is 0 Å². The molecule has 3 rings (SSSR count). The molecule has 0 spiro atoms. The molecule has 2 unspecified atom stereocenters. The van der Waals surface area contributed by atoms with Crippen molar-refractivity contribution in [2.75, 3.05) is 18.8 Å². The van der Waals surface area contributed by atoms with Gasteiger partial charge in [-0.25, -0.2) is 4.68 Å². The van der Waals surface area contributed by atoms with Crippen LogP contribution in [0.15, 0.2) is 18.5 Å². The van der Waals surface area contributed by atoms with Crippen LogP contribution in [-0.4, -0.2) is 43.9 Å². The van der Waals surface area contributed by atoms with Crippen LogP contribution in [0.25, 0.3) is 11.3 Å². The van der Waals surface area contributed by atoms with Gasteiger partial charge in [-0.1, -0.05) is 19.1 Å². The van der Waals surface area contributed by atoms with E-state index >= 15 is 0 Å². The van der Waals surface area contributed by atoms with Gasteiger partial charge in [0.2, 0.25) is 5.91 Å². The number of piperidine rings is 1. The molecule has 1 fully saturated rings. The van der Waals surface area contributed by atoms with Crippen LogP contribution in [-0.2, 0) is 11.3 Å². The average Bonchev–Trinajstić information content (AvgIpc) is 2.97. The topological polar surface area (TPSA) is 89.9 Å². The monoisotopic (exact) mass is 328 g/mol. The Morgan fingerprint density at radius 2 is 2.04 bits per heavy atom. The van der Waals surface area contributed by atoms with Gasteiger partial charge in [-0.3, -0.25) is 9.78 Å². The number of amides is 1. The maximum atomic E-state index is 12.5. The number of pyridine rings is 1. The van der Waals surface area contributed by atoms with Gasteiger partial charge in [-0.2, -0.15) is 0 Å². The molecule has 2 atom stereocenters. The van der Waals surface area contributed by atoms with Crippen LogP contribution in [0.1, 0.15) is 26.0 Å². The molecule has 0 bridgehead atoms. The number of likely N-dealkylation sites (tertiary alicyclic amines) is 1. The fourth-order valence-corrected chi connectivity index (χ4v) is 3.41. The van der Waals surface area contributed by atoms with Gasteiger partial charge in [-0.15, -0.1) is 5.10 Å². The summed E-state index contributed by atoms with van der Waals surface area (Å²) in [5.74, 6) is 1.18. The molecule has 3 heterocycles. The van der Waals surface area contributed by atoms with Crippen LogP contribution >= 0.6 is 0 Å². The number of rotatable bonds is 3. The van der Waals surface area contributed by atoms with Crippen molar-refractivity contribution in [3.63, 3.8) is 0 Å². The Morgan fingerprint density at radius 1 is 1.33 bits per heavy atom. The molecule has 0 aromatic carbocycles. The molecule has 0 saturated carbocycles. The number of nitrogen functional groups attached to an aromatic ring is 1. The average molecular weight is 328 g/mol. The first-order valence-corrected chi connectivity index (χ1v) is 8.32. The Hall–Kier alpha value is -2.44. The number of anilines is 1. The van der Waals surface area contributed by atoms with E-state index in [-0.39, 0.29) is 12.5 Å². The summed E-state index contributed by atoms with van der Waals surface area (Å²) in [5, 5.41) is 8.25. The highest BCUT2D eigenvalue weighted by atomic mass is 16.2. The summed E-state index contributed by atoms with van der Waals surface area (Å²) >= 11 is 0. The number of carbonyl (C=O) groups excluding carboxylic acids is 1. The summed E-state index contributed by atoms with van der Waals surface area (Å²) in [6, 6.07) is 1.83. The lowest BCUT2D eigenvalue weighted by atomic mass is 9.92. The summed E-state index contributed by atoms with van der Waals surface area (Å²) in [6.07, 6.45) is 4.57. The van der Waals surface area contributed by atoms with Crippen LogP contribution in [0, 0.1) is 18.8 Å². The second-order valence-corrected chi connectivity index (χ2v) is 6.95. The highest BCUT2D eigenvalue weighted by Gasteiger charge is 2.25. The van der Waals surface area contributed by atoms with E-state index in [9.17, 15) is 4.79 Å². The largest absolute Gasteiger partial charge is 0.397 e. The minimum Gasteiger partial charge on any atom is -0.397 e. The summed E-state index contributed by atoms with van der Waals surface area (Å²) in [6.45, 7) is 8.14. The molecule has 1 amide bonds. The van der Waals surface area contributed by atoms with Crippen LogP contribution in [0.5, 0.6) is 0 Å². The molecule has 0 radical (unpaired) electrons. The summed E-state index contributed by atoms with van der Waals surface area (Å²) in [5.41, 5.74) is 8.74. The molecule has 1 aliphatic rings. The van der Waals surface area contributed by atoms with E-state index in [1.165, 1.54) is 6.42 Å². The van der Waals surface area contributed by atoms with E-state index < -0.39 is 0 Å². The number of aryl methyl sites for hydroxylation is 1. The van der Waals surface area contributed by atoms with E-state index in [0.29, 0.717) is 23.2 Å². The minimum absolute atomic E-state index is 0.0901. The van der Waals surface area contributed by atoms with Crippen LogP contribution in [0.4, 0.5) is 5.69 Å². The van der Waals surface area contributed by atoms with E-state index in [1.54, 1.807) is 17.1 Å². The third-order valence-electron chi connectivity index (χ3n) is 4.44. The number of aromatic nitrogens is 4. The fourth-order valence-electron chi connectivity index (χ4n) is 3.41. The Balaban J connectivity index is 1.72. The van der Waals surface area contributed by atoms with Crippen molar-refractivity contribution in [2.45, 2.75) is 33.7 Å². The van der Waals surface area contributed by atoms with Crippen molar-refractivity contribution in [3.05, 3.63) is 24.2 Å². The number of nitrogens with two attached hydrogens (primary N) is 1. The fraction of sp³-hybridized carbons (Fsp3) is 0.529. The predicted octanol–water partition coefficient (Wildman–Crippen LogP) is 1.74. The number of hydrogen-bond acceptors (Lipinski definition) is 5. The van der Waals surface area contributed by atoms with Gasteiger partial charge in [0.15, 0.2) is 0 Å². The Kier molecular flexibility index (Phi) is 4.51. The molecule has 128 valence electrons. The molecule has 2 N–H and O–H groups in total. The zero-order valence-electron chi connectivity index (χ0n) is 14.4. The molecule has 1 aliphatic heterocycles. The van der Waals surface area contributed by atoms with Gasteiger partial charge < -0.3 is 10.6 Å². The molecule has 24 heavy (non-hydrogen) atoms. The van der Waals surface area contributed by atoms with Crippen LogP contribution in [0.3, 0.4) is 0 Å². The predicted molar refractivity (Wildman–Crippen MR) is 91.9 cm³/mol. The zero-order valence-corrected chi connectivity index (χ0v) is 14.4. The highest BCUT2D eigenvalue weighted by Crippen LogP contribution is 2.23. The molecular weight excluding hydrogens is 304 g/mol. The molecule has 2 aromatic heterocycles. The second-order valence-electron chi connectivity index (χ2n) is 6.95. The van der Waals surface area contributed by atoms with E-state index in [2.05, 4.69) is 29.1 Å². The van der Waals surface area contributed by atoms with Crippen molar-refractivity contribution >= 4 is 11.6 Å². The number of carbonyl (C=O) groups is 1. The van der Waals surface area contributed by atoms with E-state index in [0.717, 1.165) is 24.3 Å². The third kappa shape index (κ3) is 3.55. The summed E-state index contributed by atoms with van der Waals surface area (Å²) in [7, 11) is 0. The molecule has 7 heteroatoms. The molecule has 2 aromatic rings. The Labute approximate surface area is 141 Å². The Morgan fingerprint density at radius 3 is 2.75 bits per heavy atom. The number of nitrogens with zero attached hydrogens (tertiary/aromatic N) is 5. The normalized spacial score (nSPS) is 21.0. The lowest BCUT2D eigenvalue weighted by Gasteiger charge is -2.34. The summed E-state index contributed by atoms with van der Waals surface area (Å²) < 4.78 is 1.59. The molecule has 1 saturated heterocycles. The smallest absolute Gasteiger partial charge is 0.244 e. The van der Waals surface area contributed by atoms with Crippen molar-refractivity contribution in [1.82, 2.24) is 24.9 Å². The minimum atomic E-state index is 0.0901. The van der Waals surface area contributed by atoms with Crippen molar-refractivity contribution in [3.8, 4) is 11.3 Å². The second kappa shape index (κ2) is 6.59. The molecule has 0 aliphatic carbocycles. The highest BCUT2D eigenvalue weighted by molar-refractivity contribution is 5.76.